The minimum absolute atomic E-state index is 0.0907. The van der Waals surface area contributed by atoms with Crippen LogP contribution in [0.2, 0.25) is 0 Å². The molecule has 0 heterocycles. The van der Waals surface area contributed by atoms with Crippen molar-refractivity contribution in [3.8, 4) is 11.5 Å². The molecule has 0 atom stereocenters. The Morgan fingerprint density at radius 1 is 0.759 bits per heavy atom. The number of phenolic OH excluding ortho intramolecular Hbond substituents is 2. The van der Waals surface area contributed by atoms with Gasteiger partial charge < -0.3 is 20.4 Å². The van der Waals surface area contributed by atoms with Crippen LogP contribution >= 0.6 is 0 Å². The van der Waals surface area contributed by atoms with E-state index in [1.807, 2.05) is 6.07 Å². The minimum Gasteiger partial charge on any atom is -0.504 e. The number of aliphatic carboxylic acids is 2. The molecule has 0 amide bonds. The predicted octanol–water partition coefficient (Wildman–Crippen LogP) is 5.14. The van der Waals surface area contributed by atoms with Gasteiger partial charge in [0.1, 0.15) is 0 Å². The van der Waals surface area contributed by atoms with E-state index in [-0.39, 0.29) is 11.5 Å². The summed E-state index contributed by atoms with van der Waals surface area (Å²) in [5, 5.41) is 38.5. The number of phenols is 2. The van der Waals surface area contributed by atoms with E-state index in [4.69, 9.17) is 5.11 Å². The van der Waals surface area contributed by atoms with Gasteiger partial charge in [-0.3, -0.25) is 9.59 Å². The molecule has 0 aliphatic heterocycles. The average Bonchev–Trinajstić information content (AvgIpc) is 2.62. The van der Waals surface area contributed by atoms with E-state index in [0.717, 1.165) is 49.7 Å². The summed E-state index contributed by atoms with van der Waals surface area (Å²) in [6, 6.07) is 3.32. The maximum Gasteiger partial charge on any atom is 0.309 e. The quantitative estimate of drug-likeness (QED) is 0.265. The Balaban J connectivity index is 2.60. The summed E-state index contributed by atoms with van der Waals surface area (Å²) in [7, 11) is 0. The number of carboxylic acids is 2. The summed E-state index contributed by atoms with van der Waals surface area (Å²) in [5.41, 5.74) is 0.221. The summed E-state index contributed by atoms with van der Waals surface area (Å²) < 4.78 is 0. The highest BCUT2D eigenvalue weighted by atomic mass is 16.4. The van der Waals surface area contributed by atoms with Crippen molar-refractivity contribution in [2.45, 2.75) is 85.5 Å². The van der Waals surface area contributed by atoms with Crippen molar-refractivity contribution in [1.29, 1.82) is 0 Å². The molecule has 0 spiro atoms. The van der Waals surface area contributed by atoms with Crippen LogP contribution in [-0.2, 0) is 22.4 Å². The van der Waals surface area contributed by atoms with Crippen molar-refractivity contribution in [2.75, 3.05) is 0 Å². The molecule has 0 bridgehead atoms. The zero-order chi connectivity index (χ0) is 22.2. The van der Waals surface area contributed by atoms with Crippen molar-refractivity contribution in [1.82, 2.24) is 0 Å². The summed E-state index contributed by atoms with van der Waals surface area (Å²) in [6.07, 6.45) is 6.54. The summed E-state index contributed by atoms with van der Waals surface area (Å²) in [4.78, 5) is 22.4. The van der Waals surface area contributed by atoms with E-state index in [9.17, 15) is 24.9 Å². The van der Waals surface area contributed by atoms with Crippen LogP contribution in [0.5, 0.6) is 11.5 Å². The third-order valence-electron chi connectivity index (χ3n) is 5.74. The van der Waals surface area contributed by atoms with Crippen LogP contribution in [-0.4, -0.2) is 32.4 Å². The fourth-order valence-corrected chi connectivity index (χ4v) is 3.32. The Labute approximate surface area is 173 Å². The topological polar surface area (TPSA) is 115 Å². The minimum atomic E-state index is -0.815. The summed E-state index contributed by atoms with van der Waals surface area (Å²) in [5.74, 6) is -1.83. The van der Waals surface area contributed by atoms with Gasteiger partial charge in [-0.25, -0.2) is 0 Å². The third kappa shape index (κ3) is 7.59. The standard InChI is InChI=1S/C23H36O6/c1-22(2,20(26)27)14-8-5-6-10-16-12-13-18(24)19(25)17(16)11-7-9-15-23(3,4)21(28)29/h12-13,24-25H,5-11,14-15H2,1-4H3,(H,26,27)(H,28,29). The lowest BCUT2D eigenvalue weighted by molar-refractivity contribution is -0.148. The van der Waals surface area contributed by atoms with Gasteiger partial charge in [-0.05, 0) is 77.8 Å². The normalized spacial score (nSPS) is 12.1. The van der Waals surface area contributed by atoms with Crippen molar-refractivity contribution < 1.29 is 30.0 Å². The van der Waals surface area contributed by atoms with Gasteiger partial charge in [0, 0.05) is 5.56 Å². The highest BCUT2D eigenvalue weighted by molar-refractivity contribution is 5.73. The molecule has 1 aromatic rings. The highest BCUT2D eigenvalue weighted by Gasteiger charge is 2.27. The monoisotopic (exact) mass is 408 g/mol. The SMILES string of the molecule is CC(C)(CCCCCc1ccc(O)c(O)c1CCCCC(C)(C)C(=O)O)C(=O)O. The van der Waals surface area contributed by atoms with Gasteiger partial charge in [-0.2, -0.15) is 0 Å². The molecule has 0 aliphatic carbocycles. The molecule has 1 rings (SSSR count). The number of hydrogen-bond donors (Lipinski definition) is 4. The summed E-state index contributed by atoms with van der Waals surface area (Å²) >= 11 is 0. The second-order valence-electron chi connectivity index (χ2n) is 9.22. The van der Waals surface area contributed by atoms with Crippen molar-refractivity contribution in [3.63, 3.8) is 0 Å². The van der Waals surface area contributed by atoms with E-state index in [0.29, 0.717) is 19.3 Å². The fraction of sp³-hybridized carbons (Fsp3) is 0.652. The maximum atomic E-state index is 11.2. The van der Waals surface area contributed by atoms with E-state index in [1.165, 1.54) is 6.07 Å². The van der Waals surface area contributed by atoms with Crippen molar-refractivity contribution in [3.05, 3.63) is 23.3 Å². The number of rotatable bonds is 13. The first kappa shape index (κ1) is 24.8. The summed E-state index contributed by atoms with van der Waals surface area (Å²) in [6.45, 7) is 6.88. The molecule has 0 unspecified atom stereocenters. The highest BCUT2D eigenvalue weighted by Crippen LogP contribution is 2.34. The Morgan fingerprint density at radius 2 is 1.24 bits per heavy atom. The second-order valence-corrected chi connectivity index (χ2v) is 9.22. The Morgan fingerprint density at radius 3 is 1.76 bits per heavy atom. The molecular weight excluding hydrogens is 372 g/mol. The number of aromatic hydroxyl groups is 2. The van der Waals surface area contributed by atoms with E-state index in [1.54, 1.807) is 27.7 Å². The van der Waals surface area contributed by atoms with Gasteiger partial charge in [0.05, 0.1) is 10.8 Å². The van der Waals surface area contributed by atoms with E-state index in [2.05, 4.69) is 0 Å². The van der Waals surface area contributed by atoms with Crippen LogP contribution in [0.3, 0.4) is 0 Å². The number of carbonyl (C=O) groups is 2. The number of hydrogen-bond acceptors (Lipinski definition) is 4. The Kier molecular flexibility index (Phi) is 8.99. The molecule has 29 heavy (non-hydrogen) atoms. The lowest BCUT2D eigenvalue weighted by atomic mass is 9.86. The first-order valence-corrected chi connectivity index (χ1v) is 10.4. The van der Waals surface area contributed by atoms with Crippen molar-refractivity contribution >= 4 is 11.9 Å². The number of benzene rings is 1. The molecule has 6 nitrogen and oxygen atoms in total. The Bertz CT molecular complexity index is 706. The van der Waals surface area contributed by atoms with Gasteiger partial charge >= 0.3 is 11.9 Å². The van der Waals surface area contributed by atoms with Gasteiger partial charge in [0.25, 0.3) is 0 Å². The van der Waals surface area contributed by atoms with Crippen LogP contribution in [0.4, 0.5) is 0 Å². The zero-order valence-electron chi connectivity index (χ0n) is 18.1. The predicted molar refractivity (Wildman–Crippen MR) is 112 cm³/mol. The number of aryl methyl sites for hydroxylation is 1. The van der Waals surface area contributed by atoms with Gasteiger partial charge in [-0.15, -0.1) is 0 Å². The Hall–Kier alpha value is -2.24. The van der Waals surface area contributed by atoms with Crippen LogP contribution in [0, 0.1) is 10.8 Å². The number of carboxylic acid groups (broad SMARTS) is 2. The number of unbranched alkanes of at least 4 members (excludes halogenated alkanes) is 3. The van der Waals surface area contributed by atoms with E-state index >= 15 is 0 Å². The third-order valence-corrected chi connectivity index (χ3v) is 5.74. The van der Waals surface area contributed by atoms with Gasteiger partial charge in [-0.1, -0.05) is 25.3 Å². The second kappa shape index (κ2) is 10.5. The van der Waals surface area contributed by atoms with Crippen LogP contribution < -0.4 is 0 Å². The molecule has 164 valence electrons. The average molecular weight is 409 g/mol. The van der Waals surface area contributed by atoms with Crippen LogP contribution in [0.15, 0.2) is 12.1 Å². The fourth-order valence-electron chi connectivity index (χ4n) is 3.32. The van der Waals surface area contributed by atoms with Gasteiger partial charge in [0.15, 0.2) is 11.5 Å². The maximum absolute atomic E-state index is 11.2. The lowest BCUT2D eigenvalue weighted by Crippen LogP contribution is -2.23. The van der Waals surface area contributed by atoms with Crippen LogP contribution in [0.25, 0.3) is 0 Å². The molecule has 4 N–H and O–H groups in total. The van der Waals surface area contributed by atoms with E-state index < -0.39 is 22.8 Å². The molecule has 0 aromatic heterocycles. The molecular formula is C23H36O6. The molecule has 1 aromatic carbocycles. The lowest BCUT2D eigenvalue weighted by Gasteiger charge is -2.19. The molecule has 0 radical (unpaired) electrons. The zero-order valence-corrected chi connectivity index (χ0v) is 18.1. The first-order valence-electron chi connectivity index (χ1n) is 10.4. The molecule has 0 saturated carbocycles. The molecule has 0 fully saturated rings. The molecule has 0 aliphatic rings. The van der Waals surface area contributed by atoms with Crippen molar-refractivity contribution in [2.24, 2.45) is 10.8 Å². The molecule has 0 saturated heterocycles. The molecule has 6 heteroatoms. The smallest absolute Gasteiger partial charge is 0.309 e. The van der Waals surface area contributed by atoms with Crippen LogP contribution in [0.1, 0.15) is 83.8 Å². The first-order chi connectivity index (χ1) is 13.4. The largest absolute Gasteiger partial charge is 0.504 e. The van der Waals surface area contributed by atoms with Gasteiger partial charge in [0.2, 0.25) is 0 Å².